The number of fused-ring (bicyclic) bond motifs is 2. The molecule has 4 aromatic rings. The third-order valence-electron chi connectivity index (χ3n) is 7.65. The van der Waals surface area contributed by atoms with Gasteiger partial charge in [0.15, 0.2) is 5.65 Å². The van der Waals surface area contributed by atoms with Crippen LogP contribution in [0.2, 0.25) is 0 Å². The molecule has 9 heteroatoms. The molecular formula is C27H29N5O4. The fraction of sp³-hybridized carbons (Fsp3) is 0.407. The number of benzene rings is 1. The van der Waals surface area contributed by atoms with Gasteiger partial charge in [-0.25, -0.2) is 9.78 Å². The van der Waals surface area contributed by atoms with E-state index in [1.165, 1.54) is 10.1 Å². The quantitative estimate of drug-likeness (QED) is 0.447. The number of piperidine rings is 1. The molecule has 36 heavy (non-hydrogen) atoms. The highest BCUT2D eigenvalue weighted by Gasteiger charge is 2.31. The maximum Gasteiger partial charge on any atom is 0.329 e. The van der Waals surface area contributed by atoms with E-state index < -0.39 is 11.2 Å². The lowest BCUT2D eigenvalue weighted by molar-refractivity contribution is 0.0715. The zero-order chi connectivity index (χ0) is 25.0. The number of nitrogens with zero attached hydrogens (tertiary/aromatic N) is 3. The maximum absolute atomic E-state index is 13.8. The molecule has 1 aromatic carbocycles. The molecule has 9 nitrogen and oxygen atoms in total. The predicted molar refractivity (Wildman–Crippen MR) is 137 cm³/mol. The summed E-state index contributed by atoms with van der Waals surface area (Å²) < 4.78 is 6.85. The summed E-state index contributed by atoms with van der Waals surface area (Å²) >= 11 is 0. The van der Waals surface area contributed by atoms with Gasteiger partial charge in [-0.2, -0.15) is 0 Å². The zero-order valence-corrected chi connectivity index (χ0v) is 20.5. The third-order valence-corrected chi connectivity index (χ3v) is 7.65. The Hall–Kier alpha value is -3.88. The second-order valence-corrected chi connectivity index (χ2v) is 9.79. The smallest absolute Gasteiger partial charge is 0.329 e. The summed E-state index contributed by atoms with van der Waals surface area (Å²) in [6, 6.07) is 7.80. The number of aromatic amines is 2. The van der Waals surface area contributed by atoms with Gasteiger partial charge >= 0.3 is 5.69 Å². The second kappa shape index (κ2) is 8.65. The SMILES string of the molecule is CCn1c(=O)[nH]c(=O)c2c(C(=O)N3CCC(c4c[nH]c5ccc(OC)cc45)CC3)cc(C3CC3)nc21. The minimum absolute atomic E-state index is 0.171. The summed E-state index contributed by atoms with van der Waals surface area (Å²) in [5, 5.41) is 1.36. The van der Waals surface area contributed by atoms with Crippen molar-refractivity contribution in [1.82, 2.24) is 24.4 Å². The van der Waals surface area contributed by atoms with E-state index in [9.17, 15) is 14.4 Å². The Morgan fingerprint density at radius 2 is 1.89 bits per heavy atom. The number of nitrogens with one attached hydrogen (secondary N) is 2. The van der Waals surface area contributed by atoms with Crippen molar-refractivity contribution in [3.63, 3.8) is 0 Å². The van der Waals surface area contributed by atoms with Crippen molar-refractivity contribution in [3.05, 3.63) is 68.1 Å². The molecule has 1 saturated carbocycles. The van der Waals surface area contributed by atoms with Crippen molar-refractivity contribution in [2.75, 3.05) is 20.2 Å². The van der Waals surface area contributed by atoms with Crippen LogP contribution in [0.1, 0.15) is 66.1 Å². The maximum atomic E-state index is 13.8. The van der Waals surface area contributed by atoms with E-state index in [4.69, 9.17) is 4.74 Å². The van der Waals surface area contributed by atoms with E-state index in [0.717, 1.165) is 48.0 Å². The number of rotatable bonds is 5. The molecule has 0 atom stereocenters. The minimum atomic E-state index is -0.555. The normalized spacial score (nSPS) is 16.7. The summed E-state index contributed by atoms with van der Waals surface area (Å²) in [6.45, 7) is 3.38. The van der Waals surface area contributed by atoms with Gasteiger partial charge in [0.05, 0.1) is 18.1 Å². The van der Waals surface area contributed by atoms with Gasteiger partial charge in [-0.15, -0.1) is 0 Å². The highest BCUT2D eigenvalue weighted by molar-refractivity contribution is 6.05. The van der Waals surface area contributed by atoms with Crippen molar-refractivity contribution < 1.29 is 9.53 Å². The van der Waals surface area contributed by atoms with E-state index in [1.807, 2.05) is 24.0 Å². The number of aryl methyl sites for hydroxylation is 1. The van der Waals surface area contributed by atoms with Crippen LogP contribution in [0.4, 0.5) is 0 Å². The molecule has 1 aliphatic carbocycles. The van der Waals surface area contributed by atoms with Crippen LogP contribution in [0.15, 0.2) is 40.1 Å². The molecular weight excluding hydrogens is 458 g/mol. The van der Waals surface area contributed by atoms with Gasteiger partial charge in [0, 0.05) is 48.3 Å². The number of hydrogen-bond acceptors (Lipinski definition) is 5. The number of carbonyl (C=O) groups excluding carboxylic acids is 1. The standard InChI is InChI=1S/C27H29N5O4/c1-3-32-24-23(25(33)30-27(32)35)19(13-22(29-24)16-4-5-16)26(34)31-10-8-15(9-11-31)20-14-28-21-7-6-17(36-2)12-18(20)21/h6-7,12-16,28H,3-5,8-11H2,1-2H3,(H,30,33,35). The topological polar surface area (TPSA) is 113 Å². The molecule has 0 unspecified atom stereocenters. The Balaban J connectivity index is 1.32. The monoisotopic (exact) mass is 487 g/mol. The van der Waals surface area contributed by atoms with E-state index in [1.54, 1.807) is 13.2 Å². The fourth-order valence-electron chi connectivity index (χ4n) is 5.49. The van der Waals surface area contributed by atoms with Crippen LogP contribution in [0.25, 0.3) is 21.9 Å². The summed E-state index contributed by atoms with van der Waals surface area (Å²) in [7, 11) is 1.67. The number of methoxy groups -OCH3 is 1. The summed E-state index contributed by atoms with van der Waals surface area (Å²) in [6.07, 6.45) is 5.72. The molecule has 2 N–H and O–H groups in total. The average molecular weight is 488 g/mol. The number of likely N-dealkylation sites (tertiary alicyclic amines) is 1. The van der Waals surface area contributed by atoms with Crippen molar-refractivity contribution in [2.45, 2.75) is 51.0 Å². The number of carbonyl (C=O) groups is 1. The second-order valence-electron chi connectivity index (χ2n) is 9.79. The Morgan fingerprint density at radius 1 is 1.11 bits per heavy atom. The molecule has 3 aromatic heterocycles. The Labute approximate surface area is 207 Å². The molecule has 0 bridgehead atoms. The number of pyridine rings is 1. The highest BCUT2D eigenvalue weighted by atomic mass is 16.5. The first-order valence-corrected chi connectivity index (χ1v) is 12.6. The Kier molecular flexibility index (Phi) is 5.43. The Bertz CT molecular complexity index is 1600. The van der Waals surface area contributed by atoms with Crippen LogP contribution >= 0.6 is 0 Å². The van der Waals surface area contributed by atoms with Crippen molar-refractivity contribution >= 4 is 27.8 Å². The van der Waals surface area contributed by atoms with E-state index >= 15 is 0 Å². The molecule has 6 rings (SSSR count). The van der Waals surface area contributed by atoms with Gasteiger partial charge in [0.1, 0.15) is 5.75 Å². The van der Waals surface area contributed by atoms with Crippen LogP contribution in [0.5, 0.6) is 5.75 Å². The van der Waals surface area contributed by atoms with E-state index in [2.05, 4.69) is 27.2 Å². The molecule has 1 saturated heterocycles. The van der Waals surface area contributed by atoms with Crippen LogP contribution in [0, 0.1) is 0 Å². The number of ether oxygens (including phenoxy) is 1. The van der Waals surface area contributed by atoms with Crippen LogP contribution < -0.4 is 16.0 Å². The summed E-state index contributed by atoms with van der Waals surface area (Å²) in [4.78, 5) is 51.3. The molecule has 2 fully saturated rings. The van der Waals surface area contributed by atoms with E-state index in [-0.39, 0.29) is 17.2 Å². The van der Waals surface area contributed by atoms with Crippen molar-refractivity contribution in [1.29, 1.82) is 0 Å². The first-order chi connectivity index (χ1) is 17.5. The molecule has 4 heterocycles. The van der Waals surface area contributed by atoms with Gasteiger partial charge in [-0.05, 0) is 68.4 Å². The first-order valence-electron chi connectivity index (χ1n) is 12.6. The minimum Gasteiger partial charge on any atom is -0.497 e. The number of H-pyrrole nitrogens is 2. The van der Waals surface area contributed by atoms with Gasteiger partial charge in [0.25, 0.3) is 11.5 Å². The van der Waals surface area contributed by atoms with Gasteiger partial charge in [-0.1, -0.05) is 0 Å². The lowest BCUT2D eigenvalue weighted by Crippen LogP contribution is -2.39. The van der Waals surface area contributed by atoms with Crippen LogP contribution in [-0.2, 0) is 6.54 Å². The first kappa shape index (κ1) is 22.6. The molecule has 1 aliphatic heterocycles. The van der Waals surface area contributed by atoms with Crippen LogP contribution in [-0.4, -0.2) is 50.5 Å². The number of hydrogen-bond donors (Lipinski definition) is 2. The van der Waals surface area contributed by atoms with Gasteiger partial charge in [0.2, 0.25) is 0 Å². The Morgan fingerprint density at radius 3 is 2.58 bits per heavy atom. The third kappa shape index (κ3) is 3.70. The van der Waals surface area contributed by atoms with Gasteiger partial charge < -0.3 is 14.6 Å². The molecule has 186 valence electrons. The molecule has 2 aliphatic rings. The highest BCUT2D eigenvalue weighted by Crippen LogP contribution is 2.40. The average Bonchev–Trinajstić information content (AvgIpc) is 3.67. The largest absolute Gasteiger partial charge is 0.497 e. The van der Waals surface area contributed by atoms with Gasteiger partial charge in [-0.3, -0.25) is 19.1 Å². The summed E-state index contributed by atoms with van der Waals surface area (Å²) in [5.41, 5.74) is 2.71. The molecule has 0 spiro atoms. The summed E-state index contributed by atoms with van der Waals surface area (Å²) in [5.74, 6) is 1.25. The fourth-order valence-corrected chi connectivity index (χ4v) is 5.49. The predicted octanol–water partition coefficient (Wildman–Crippen LogP) is 3.49. The zero-order valence-electron chi connectivity index (χ0n) is 20.5. The lowest BCUT2D eigenvalue weighted by atomic mass is 9.89. The van der Waals surface area contributed by atoms with Crippen molar-refractivity contribution in [2.24, 2.45) is 0 Å². The molecule has 0 radical (unpaired) electrons. The van der Waals surface area contributed by atoms with Crippen molar-refractivity contribution in [3.8, 4) is 5.75 Å². The number of aromatic nitrogens is 4. The van der Waals surface area contributed by atoms with Crippen LogP contribution in [0.3, 0.4) is 0 Å². The lowest BCUT2D eigenvalue weighted by Gasteiger charge is -2.32. The van der Waals surface area contributed by atoms with E-state index in [0.29, 0.717) is 36.8 Å². The molecule has 1 amide bonds. The number of amides is 1.